The Morgan fingerprint density at radius 2 is 2.19 bits per heavy atom. The van der Waals surface area contributed by atoms with Crippen molar-refractivity contribution in [2.75, 3.05) is 20.0 Å². The zero-order valence-corrected chi connectivity index (χ0v) is 16.2. The monoisotopic (exact) mass is 396 g/mol. The van der Waals surface area contributed by atoms with Crippen LogP contribution in [0, 0.1) is 6.92 Å². The predicted octanol–water partition coefficient (Wildman–Crippen LogP) is 4.45. The highest BCUT2D eigenvalue weighted by Gasteiger charge is 2.28. The molecule has 0 aromatic carbocycles. The van der Waals surface area contributed by atoms with E-state index >= 15 is 0 Å². The highest BCUT2D eigenvalue weighted by atomic mass is 35.5. The third-order valence-corrected chi connectivity index (χ3v) is 4.94. The van der Waals surface area contributed by atoms with Crippen LogP contribution in [0.2, 0.25) is 0 Å². The lowest BCUT2D eigenvalue weighted by molar-refractivity contribution is 0.0592. The molecule has 0 aliphatic heterocycles. The summed E-state index contributed by atoms with van der Waals surface area (Å²) in [5.74, 6) is -1.59. The lowest BCUT2D eigenvalue weighted by Crippen LogP contribution is -2.14. The molecule has 1 heterocycles. The fraction of sp³-hybridized carbons (Fsp3) is 0.278. The summed E-state index contributed by atoms with van der Waals surface area (Å²) >= 11 is 7.39. The van der Waals surface area contributed by atoms with Gasteiger partial charge in [-0.15, -0.1) is 18.3 Å². The number of carbonyl (C=O) groups is 1. The van der Waals surface area contributed by atoms with Crippen LogP contribution in [0.5, 0.6) is 0 Å². The SMILES string of the molecule is C=CCSc1nc(C2C=CC=C(Cl)C(OC)=C2F)nc(C(=O)OC)c1C. The average molecular weight is 397 g/mol. The number of ether oxygens (including phenoxy) is 2. The Morgan fingerprint density at radius 1 is 1.46 bits per heavy atom. The number of rotatable bonds is 6. The van der Waals surface area contributed by atoms with E-state index in [9.17, 15) is 9.18 Å². The molecular formula is C18H18ClFN2O3S. The Bertz CT molecular complexity index is 821. The maximum Gasteiger partial charge on any atom is 0.357 e. The summed E-state index contributed by atoms with van der Waals surface area (Å²) in [7, 11) is 2.59. The van der Waals surface area contributed by atoms with E-state index < -0.39 is 17.7 Å². The Kier molecular flexibility index (Phi) is 6.99. The lowest BCUT2D eigenvalue weighted by atomic mass is 10.1. The molecule has 0 spiro atoms. The van der Waals surface area contributed by atoms with Crippen molar-refractivity contribution in [2.45, 2.75) is 17.9 Å². The highest BCUT2D eigenvalue weighted by molar-refractivity contribution is 7.99. The van der Waals surface area contributed by atoms with Gasteiger partial charge in [0.1, 0.15) is 10.9 Å². The van der Waals surface area contributed by atoms with Crippen LogP contribution in [0.4, 0.5) is 4.39 Å². The zero-order chi connectivity index (χ0) is 19.3. The molecule has 5 nitrogen and oxygen atoms in total. The van der Waals surface area contributed by atoms with E-state index in [0.717, 1.165) is 0 Å². The molecule has 26 heavy (non-hydrogen) atoms. The van der Waals surface area contributed by atoms with Crippen LogP contribution in [0.25, 0.3) is 0 Å². The summed E-state index contributed by atoms with van der Waals surface area (Å²) in [6.45, 7) is 5.39. The molecule has 0 radical (unpaired) electrons. The fourth-order valence-electron chi connectivity index (χ4n) is 2.29. The van der Waals surface area contributed by atoms with E-state index in [-0.39, 0.29) is 22.3 Å². The summed E-state index contributed by atoms with van der Waals surface area (Å²) in [5, 5.41) is 0.684. The maximum absolute atomic E-state index is 15.0. The Hall–Kier alpha value is -2.12. The quantitative estimate of drug-likeness (QED) is 0.306. The van der Waals surface area contributed by atoms with Crippen LogP contribution < -0.4 is 0 Å². The zero-order valence-electron chi connectivity index (χ0n) is 14.6. The van der Waals surface area contributed by atoms with Gasteiger partial charge >= 0.3 is 5.97 Å². The van der Waals surface area contributed by atoms with E-state index in [0.29, 0.717) is 16.3 Å². The molecule has 0 saturated heterocycles. The minimum atomic E-state index is -0.940. The van der Waals surface area contributed by atoms with Crippen LogP contribution in [0.3, 0.4) is 0 Å². The van der Waals surface area contributed by atoms with Crippen LogP contribution in [0.15, 0.2) is 52.5 Å². The number of carbonyl (C=O) groups excluding carboxylic acids is 1. The number of allylic oxidation sites excluding steroid dienone is 5. The molecule has 0 bridgehead atoms. The second-order valence-corrected chi connectivity index (χ2v) is 6.63. The first-order valence-electron chi connectivity index (χ1n) is 7.63. The number of hydrogen-bond donors (Lipinski definition) is 0. The molecule has 1 aliphatic carbocycles. The molecule has 0 fully saturated rings. The average Bonchev–Trinajstić information content (AvgIpc) is 2.78. The molecule has 2 rings (SSSR count). The third kappa shape index (κ3) is 4.16. The molecule has 1 unspecified atom stereocenters. The van der Waals surface area contributed by atoms with E-state index in [1.807, 2.05) is 0 Å². The van der Waals surface area contributed by atoms with Gasteiger partial charge in [0.25, 0.3) is 0 Å². The molecule has 1 atom stereocenters. The number of thioether (sulfide) groups is 1. The lowest BCUT2D eigenvalue weighted by Gasteiger charge is -2.15. The second-order valence-electron chi connectivity index (χ2n) is 5.21. The molecule has 8 heteroatoms. The van der Waals surface area contributed by atoms with Gasteiger partial charge in [0.15, 0.2) is 17.3 Å². The molecule has 0 amide bonds. The van der Waals surface area contributed by atoms with Gasteiger partial charge in [0.2, 0.25) is 0 Å². The van der Waals surface area contributed by atoms with Gasteiger partial charge in [-0.1, -0.05) is 29.8 Å². The predicted molar refractivity (Wildman–Crippen MR) is 100.0 cm³/mol. The Balaban J connectivity index is 2.63. The first-order chi connectivity index (χ1) is 12.4. The molecule has 138 valence electrons. The van der Waals surface area contributed by atoms with Crippen molar-refractivity contribution in [1.82, 2.24) is 9.97 Å². The van der Waals surface area contributed by atoms with E-state index in [1.54, 1.807) is 25.2 Å². The van der Waals surface area contributed by atoms with Crippen molar-refractivity contribution in [3.05, 3.63) is 64.6 Å². The van der Waals surface area contributed by atoms with E-state index in [1.165, 1.54) is 32.1 Å². The van der Waals surface area contributed by atoms with Crippen molar-refractivity contribution < 1.29 is 18.7 Å². The van der Waals surface area contributed by atoms with Crippen LogP contribution >= 0.6 is 23.4 Å². The number of nitrogens with zero attached hydrogens (tertiary/aromatic N) is 2. The maximum atomic E-state index is 15.0. The molecule has 0 saturated carbocycles. The fourth-order valence-corrected chi connectivity index (χ4v) is 3.27. The highest BCUT2D eigenvalue weighted by Crippen LogP contribution is 2.35. The molecular weight excluding hydrogens is 379 g/mol. The van der Waals surface area contributed by atoms with Crippen molar-refractivity contribution >= 4 is 29.3 Å². The summed E-state index contributed by atoms with van der Waals surface area (Å²) in [6, 6.07) is 0. The largest absolute Gasteiger partial charge is 0.492 e. The first kappa shape index (κ1) is 20.2. The summed E-state index contributed by atoms with van der Waals surface area (Å²) in [4.78, 5) is 20.8. The summed E-state index contributed by atoms with van der Waals surface area (Å²) in [6.07, 6.45) is 6.37. The van der Waals surface area contributed by atoms with Crippen molar-refractivity contribution in [3.63, 3.8) is 0 Å². The number of esters is 1. The van der Waals surface area contributed by atoms with Crippen LogP contribution in [0.1, 0.15) is 27.8 Å². The smallest absolute Gasteiger partial charge is 0.357 e. The number of hydrogen-bond acceptors (Lipinski definition) is 6. The number of methoxy groups -OCH3 is 2. The van der Waals surface area contributed by atoms with E-state index in [4.69, 9.17) is 21.1 Å². The van der Waals surface area contributed by atoms with Gasteiger partial charge in [-0.25, -0.2) is 19.2 Å². The van der Waals surface area contributed by atoms with Gasteiger partial charge in [0.05, 0.1) is 25.2 Å². The molecule has 1 aromatic heterocycles. The normalized spacial score (nSPS) is 16.8. The van der Waals surface area contributed by atoms with Crippen LogP contribution in [-0.2, 0) is 9.47 Å². The standard InChI is InChI=1S/C18H18ClFN2O3S/c1-5-9-26-17-10(2)14(18(23)25-4)21-16(22-17)11-7-6-8-12(19)15(24-3)13(11)20/h5-8,11H,1,9H2,2-4H3. The summed E-state index contributed by atoms with van der Waals surface area (Å²) in [5.41, 5.74) is 0.657. The summed E-state index contributed by atoms with van der Waals surface area (Å²) < 4.78 is 24.8. The van der Waals surface area contributed by atoms with Gasteiger partial charge in [-0.2, -0.15) is 0 Å². The van der Waals surface area contributed by atoms with Crippen LogP contribution in [-0.4, -0.2) is 35.9 Å². The first-order valence-corrected chi connectivity index (χ1v) is 8.99. The number of aromatic nitrogens is 2. The molecule has 1 aromatic rings. The number of halogens is 2. The minimum Gasteiger partial charge on any atom is -0.492 e. The van der Waals surface area contributed by atoms with Gasteiger partial charge in [-0.3, -0.25) is 0 Å². The minimum absolute atomic E-state index is 0.0903. The molecule has 1 aliphatic rings. The van der Waals surface area contributed by atoms with Crippen molar-refractivity contribution in [2.24, 2.45) is 0 Å². The van der Waals surface area contributed by atoms with Gasteiger partial charge in [-0.05, 0) is 13.0 Å². The topological polar surface area (TPSA) is 61.3 Å². The van der Waals surface area contributed by atoms with Gasteiger partial charge in [0, 0.05) is 11.3 Å². The Morgan fingerprint density at radius 3 is 2.81 bits per heavy atom. The Labute approximate surface area is 160 Å². The third-order valence-electron chi connectivity index (χ3n) is 3.57. The van der Waals surface area contributed by atoms with Gasteiger partial charge < -0.3 is 9.47 Å². The molecule has 0 N–H and O–H groups in total. The second kappa shape index (κ2) is 9.00. The van der Waals surface area contributed by atoms with E-state index in [2.05, 4.69) is 16.5 Å². The van der Waals surface area contributed by atoms with Crippen molar-refractivity contribution in [1.29, 1.82) is 0 Å². The van der Waals surface area contributed by atoms with Crippen molar-refractivity contribution in [3.8, 4) is 0 Å².